The Labute approximate surface area is 195 Å². The summed E-state index contributed by atoms with van der Waals surface area (Å²) in [7, 11) is 2.13. The number of ether oxygens (including phenoxy) is 1. The lowest BCUT2D eigenvalue weighted by atomic mass is 10.1. The number of piperidine rings is 1. The number of hydrogen-bond donors (Lipinski definition) is 1. The molecule has 1 N–H and O–H groups in total. The summed E-state index contributed by atoms with van der Waals surface area (Å²) in [5.41, 5.74) is 1.66. The van der Waals surface area contributed by atoms with E-state index in [4.69, 9.17) is 9.15 Å². The van der Waals surface area contributed by atoms with Crippen molar-refractivity contribution in [2.75, 3.05) is 25.5 Å². The zero-order chi connectivity index (χ0) is 22.6. The van der Waals surface area contributed by atoms with Crippen LogP contribution in [0.15, 0.2) is 52.9 Å². The Morgan fingerprint density at radius 2 is 1.88 bits per heavy atom. The van der Waals surface area contributed by atoms with Gasteiger partial charge in [0, 0.05) is 18.8 Å². The minimum atomic E-state index is -0.214. The predicted octanol–water partition coefficient (Wildman–Crippen LogP) is 3.92. The molecule has 1 amide bonds. The van der Waals surface area contributed by atoms with Crippen molar-refractivity contribution >= 4 is 33.1 Å². The van der Waals surface area contributed by atoms with Crippen molar-refractivity contribution in [3.8, 4) is 5.75 Å². The summed E-state index contributed by atoms with van der Waals surface area (Å²) in [6.07, 6.45) is 2.77. The number of benzene rings is 2. The molecule has 0 bridgehead atoms. The van der Waals surface area contributed by atoms with Crippen molar-refractivity contribution in [2.24, 2.45) is 0 Å². The van der Waals surface area contributed by atoms with Gasteiger partial charge in [-0.3, -0.25) is 4.79 Å². The Kier molecular flexibility index (Phi) is 6.32. The van der Waals surface area contributed by atoms with Crippen LogP contribution in [0.25, 0.3) is 10.2 Å². The van der Waals surface area contributed by atoms with Crippen molar-refractivity contribution < 1.29 is 13.9 Å². The van der Waals surface area contributed by atoms with Gasteiger partial charge in [-0.15, -0.1) is 21.5 Å². The average Bonchev–Trinajstić information content (AvgIpc) is 3.42. The van der Waals surface area contributed by atoms with E-state index in [1.165, 1.54) is 0 Å². The Morgan fingerprint density at radius 1 is 1.12 bits per heavy atom. The molecule has 1 fully saturated rings. The first-order chi connectivity index (χ1) is 16.1. The topological polar surface area (TPSA) is 93.4 Å². The molecule has 2 aromatic carbocycles. The largest absolute Gasteiger partial charge is 0.490 e. The molecular formula is C24H25N5O3S. The highest BCUT2D eigenvalue weighted by molar-refractivity contribution is 7.18. The number of nitrogens with zero attached hydrogens (tertiary/aromatic N) is 4. The molecular weight excluding hydrogens is 438 g/mol. The van der Waals surface area contributed by atoms with Gasteiger partial charge in [0.2, 0.25) is 17.7 Å². The number of para-hydroxylation sites is 1. The van der Waals surface area contributed by atoms with E-state index in [9.17, 15) is 4.79 Å². The molecule has 9 heteroatoms. The Balaban J connectivity index is 1.12. The molecule has 1 aliphatic rings. The molecule has 0 spiro atoms. The van der Waals surface area contributed by atoms with Crippen LogP contribution in [0, 0.1) is 0 Å². The monoisotopic (exact) mass is 463 g/mol. The highest BCUT2D eigenvalue weighted by atomic mass is 32.1. The molecule has 0 unspecified atom stereocenters. The summed E-state index contributed by atoms with van der Waals surface area (Å²) in [5, 5.41) is 11.8. The van der Waals surface area contributed by atoms with Crippen LogP contribution in [-0.4, -0.2) is 52.2 Å². The summed E-state index contributed by atoms with van der Waals surface area (Å²) >= 11 is 1.60. The Morgan fingerprint density at radius 3 is 2.67 bits per heavy atom. The fourth-order valence-corrected chi connectivity index (χ4v) is 4.77. The van der Waals surface area contributed by atoms with Crippen molar-refractivity contribution in [3.63, 3.8) is 0 Å². The molecule has 33 heavy (non-hydrogen) atoms. The van der Waals surface area contributed by atoms with Crippen molar-refractivity contribution in [3.05, 3.63) is 65.3 Å². The van der Waals surface area contributed by atoms with E-state index < -0.39 is 0 Å². The third-order valence-electron chi connectivity index (χ3n) is 5.57. The van der Waals surface area contributed by atoms with Gasteiger partial charge in [-0.05, 0) is 56.3 Å². The van der Waals surface area contributed by atoms with Crippen LogP contribution >= 0.6 is 11.3 Å². The van der Waals surface area contributed by atoms with Crippen LogP contribution in [-0.2, 0) is 17.6 Å². The number of carbonyl (C=O) groups is 1. The van der Waals surface area contributed by atoms with E-state index in [1.807, 2.05) is 48.5 Å². The molecule has 8 nitrogen and oxygen atoms in total. The molecule has 3 heterocycles. The lowest BCUT2D eigenvalue weighted by Gasteiger charge is -2.29. The van der Waals surface area contributed by atoms with Crippen molar-refractivity contribution in [2.45, 2.75) is 31.8 Å². The maximum Gasteiger partial charge on any atom is 0.233 e. The second-order valence-electron chi connectivity index (χ2n) is 8.21. The minimum absolute atomic E-state index is 0.0146. The number of thiazole rings is 1. The summed E-state index contributed by atoms with van der Waals surface area (Å²) in [6.45, 7) is 2.10. The number of likely N-dealkylation sites (tertiary alicyclic amines) is 1. The molecule has 4 aromatic rings. The van der Waals surface area contributed by atoms with Gasteiger partial charge in [-0.1, -0.05) is 12.1 Å². The summed E-state index contributed by atoms with van der Waals surface area (Å²) < 4.78 is 12.8. The number of fused-ring (bicyclic) bond motifs is 1. The van der Waals surface area contributed by atoms with Gasteiger partial charge in [-0.25, -0.2) is 4.98 Å². The molecule has 0 aliphatic carbocycles. The smallest absolute Gasteiger partial charge is 0.233 e. The Hall–Kier alpha value is -3.30. The molecule has 0 saturated carbocycles. The van der Waals surface area contributed by atoms with E-state index in [0.717, 1.165) is 46.9 Å². The number of rotatable bonds is 7. The average molecular weight is 464 g/mol. The van der Waals surface area contributed by atoms with Gasteiger partial charge in [0.25, 0.3) is 0 Å². The quantitative estimate of drug-likeness (QED) is 0.444. The number of nitrogens with one attached hydrogen (secondary N) is 1. The predicted molar refractivity (Wildman–Crippen MR) is 127 cm³/mol. The lowest BCUT2D eigenvalue weighted by Crippen LogP contribution is -2.35. The zero-order valence-electron chi connectivity index (χ0n) is 18.4. The van der Waals surface area contributed by atoms with Gasteiger partial charge >= 0.3 is 0 Å². The van der Waals surface area contributed by atoms with E-state index >= 15 is 0 Å². The highest BCUT2D eigenvalue weighted by Gasteiger charge is 2.18. The summed E-state index contributed by atoms with van der Waals surface area (Å²) in [4.78, 5) is 19.3. The maximum atomic E-state index is 12.4. The summed E-state index contributed by atoms with van der Waals surface area (Å²) in [6, 6.07) is 15.4. The van der Waals surface area contributed by atoms with Gasteiger partial charge in [-0.2, -0.15) is 0 Å². The van der Waals surface area contributed by atoms with E-state index in [-0.39, 0.29) is 24.3 Å². The SMILES string of the molecule is CN1CCC(Oc2ccc(NC(=O)Cc3nnc(Cc4nc5ccccc5s4)o3)cc2)CC1. The van der Waals surface area contributed by atoms with Gasteiger partial charge < -0.3 is 19.4 Å². The first kappa shape index (κ1) is 21.5. The first-order valence-corrected chi connectivity index (χ1v) is 11.8. The molecule has 170 valence electrons. The van der Waals surface area contributed by atoms with Crippen molar-refractivity contribution in [1.82, 2.24) is 20.1 Å². The van der Waals surface area contributed by atoms with Crippen LogP contribution in [0.5, 0.6) is 5.75 Å². The molecule has 0 radical (unpaired) electrons. The molecule has 0 atom stereocenters. The second kappa shape index (κ2) is 9.68. The van der Waals surface area contributed by atoms with Crippen LogP contribution in [0.4, 0.5) is 5.69 Å². The summed E-state index contributed by atoms with van der Waals surface area (Å²) in [5.74, 6) is 1.34. The number of amides is 1. The van der Waals surface area contributed by atoms with Gasteiger partial charge in [0.1, 0.15) is 23.3 Å². The zero-order valence-corrected chi connectivity index (χ0v) is 19.2. The first-order valence-electron chi connectivity index (χ1n) is 11.0. The van der Waals surface area contributed by atoms with Crippen LogP contribution < -0.4 is 10.1 Å². The van der Waals surface area contributed by atoms with Crippen LogP contribution in [0.2, 0.25) is 0 Å². The van der Waals surface area contributed by atoms with E-state index in [2.05, 4.69) is 32.4 Å². The van der Waals surface area contributed by atoms with Crippen LogP contribution in [0.1, 0.15) is 29.6 Å². The fourth-order valence-electron chi connectivity index (χ4n) is 3.81. The van der Waals surface area contributed by atoms with Crippen LogP contribution in [0.3, 0.4) is 0 Å². The van der Waals surface area contributed by atoms with Crippen molar-refractivity contribution in [1.29, 1.82) is 0 Å². The minimum Gasteiger partial charge on any atom is -0.490 e. The normalized spacial score (nSPS) is 15.1. The molecule has 5 rings (SSSR count). The maximum absolute atomic E-state index is 12.4. The third-order valence-corrected chi connectivity index (χ3v) is 6.60. The lowest BCUT2D eigenvalue weighted by molar-refractivity contribution is -0.115. The number of aromatic nitrogens is 3. The Bertz CT molecular complexity index is 1200. The number of anilines is 1. The van der Waals surface area contributed by atoms with Gasteiger partial charge in [0.05, 0.1) is 16.6 Å². The second-order valence-corrected chi connectivity index (χ2v) is 9.33. The fraction of sp³-hybridized carbons (Fsp3) is 0.333. The highest BCUT2D eigenvalue weighted by Crippen LogP contribution is 2.24. The van der Waals surface area contributed by atoms with E-state index in [1.54, 1.807) is 11.3 Å². The van der Waals surface area contributed by atoms with E-state index in [0.29, 0.717) is 18.0 Å². The molecule has 1 aliphatic heterocycles. The number of carbonyl (C=O) groups excluding carboxylic acids is 1. The third kappa shape index (κ3) is 5.55. The number of hydrogen-bond acceptors (Lipinski definition) is 8. The standard InChI is InChI=1S/C24H25N5O3S/c1-29-12-10-18(11-13-29)31-17-8-6-16(7-9-17)25-21(30)14-22-27-28-23(32-22)15-24-26-19-4-2-3-5-20(19)33-24/h2-9,18H,10-15H2,1H3,(H,25,30). The molecule has 2 aromatic heterocycles. The molecule has 1 saturated heterocycles. The van der Waals surface area contributed by atoms with Gasteiger partial charge in [0.15, 0.2) is 0 Å².